The number of benzene rings is 1. The van der Waals surface area contributed by atoms with Gasteiger partial charge in [-0.25, -0.2) is 0 Å². The number of halogens is 1. The van der Waals surface area contributed by atoms with E-state index in [1.54, 1.807) is 18.2 Å². The molecule has 1 aromatic rings. The van der Waals surface area contributed by atoms with Crippen LogP contribution in [0.4, 0.5) is 5.69 Å². The minimum absolute atomic E-state index is 0.0185. The zero-order valence-corrected chi connectivity index (χ0v) is 15.1. The van der Waals surface area contributed by atoms with Crippen LogP contribution in [0.25, 0.3) is 0 Å². The molecule has 1 aliphatic heterocycles. The standard InChI is InChI=1S/C18H26ClN3O2/c1-12(2)10-21-18(24)15-5-4-14(9-16(15)19)22-17(23)6-3-13-7-8-20-11-13/h4-5,9,12-13,20H,3,6-8,10-11H2,1-2H3,(H,21,24)(H,22,23). The van der Waals surface area contributed by atoms with E-state index in [0.29, 0.717) is 41.1 Å². The molecule has 0 bridgehead atoms. The van der Waals surface area contributed by atoms with Gasteiger partial charge in [0.15, 0.2) is 0 Å². The van der Waals surface area contributed by atoms with Crippen LogP contribution in [0.3, 0.4) is 0 Å². The lowest BCUT2D eigenvalue weighted by Crippen LogP contribution is -2.27. The minimum atomic E-state index is -0.194. The first-order valence-corrected chi connectivity index (χ1v) is 8.92. The van der Waals surface area contributed by atoms with Gasteiger partial charge in [-0.2, -0.15) is 0 Å². The van der Waals surface area contributed by atoms with E-state index >= 15 is 0 Å². The Morgan fingerprint density at radius 3 is 2.79 bits per heavy atom. The van der Waals surface area contributed by atoms with Crippen LogP contribution in [-0.2, 0) is 4.79 Å². The van der Waals surface area contributed by atoms with Crippen molar-refractivity contribution in [2.45, 2.75) is 33.1 Å². The van der Waals surface area contributed by atoms with Crippen LogP contribution in [0.2, 0.25) is 5.02 Å². The van der Waals surface area contributed by atoms with E-state index in [-0.39, 0.29) is 11.8 Å². The van der Waals surface area contributed by atoms with E-state index in [1.165, 1.54) is 0 Å². The molecule has 0 saturated carbocycles. The molecule has 6 heteroatoms. The van der Waals surface area contributed by atoms with Gasteiger partial charge in [-0.15, -0.1) is 0 Å². The summed E-state index contributed by atoms with van der Waals surface area (Å²) in [5.41, 5.74) is 1.04. The largest absolute Gasteiger partial charge is 0.352 e. The van der Waals surface area contributed by atoms with Gasteiger partial charge in [0.25, 0.3) is 5.91 Å². The predicted molar refractivity (Wildman–Crippen MR) is 97.5 cm³/mol. The SMILES string of the molecule is CC(C)CNC(=O)c1ccc(NC(=O)CCC2CCNC2)cc1Cl. The summed E-state index contributed by atoms with van der Waals surface area (Å²) in [4.78, 5) is 24.1. The molecule has 5 nitrogen and oxygen atoms in total. The van der Waals surface area contributed by atoms with Gasteiger partial charge in [0.1, 0.15) is 0 Å². The summed E-state index contributed by atoms with van der Waals surface area (Å²) in [6, 6.07) is 4.99. The van der Waals surface area contributed by atoms with Crippen molar-refractivity contribution in [1.82, 2.24) is 10.6 Å². The average molecular weight is 352 g/mol. The van der Waals surface area contributed by atoms with E-state index < -0.39 is 0 Å². The topological polar surface area (TPSA) is 70.2 Å². The lowest BCUT2D eigenvalue weighted by atomic mass is 10.0. The molecule has 132 valence electrons. The molecule has 2 amide bonds. The first kappa shape index (κ1) is 18.7. The second kappa shape index (κ2) is 9.04. The second-order valence-corrected chi connectivity index (χ2v) is 7.15. The Kier molecular flexibility index (Phi) is 7.06. The highest BCUT2D eigenvalue weighted by molar-refractivity contribution is 6.34. The maximum absolute atomic E-state index is 12.1. The Morgan fingerprint density at radius 2 is 2.17 bits per heavy atom. The Balaban J connectivity index is 1.86. The van der Waals surface area contributed by atoms with Crippen molar-refractivity contribution in [2.75, 3.05) is 25.0 Å². The zero-order valence-electron chi connectivity index (χ0n) is 14.3. The van der Waals surface area contributed by atoms with Crippen LogP contribution in [0, 0.1) is 11.8 Å². The van der Waals surface area contributed by atoms with Gasteiger partial charge in [-0.1, -0.05) is 25.4 Å². The lowest BCUT2D eigenvalue weighted by molar-refractivity contribution is -0.116. The number of rotatable bonds is 7. The Morgan fingerprint density at radius 1 is 1.38 bits per heavy atom. The predicted octanol–water partition coefficient (Wildman–Crippen LogP) is 3.05. The molecule has 1 saturated heterocycles. The molecule has 1 atom stereocenters. The summed E-state index contributed by atoms with van der Waals surface area (Å²) >= 11 is 6.18. The average Bonchev–Trinajstić information content (AvgIpc) is 3.04. The molecule has 24 heavy (non-hydrogen) atoms. The van der Waals surface area contributed by atoms with Crippen LogP contribution < -0.4 is 16.0 Å². The maximum atomic E-state index is 12.1. The van der Waals surface area contributed by atoms with Gasteiger partial charge < -0.3 is 16.0 Å². The van der Waals surface area contributed by atoms with Crippen molar-refractivity contribution in [3.05, 3.63) is 28.8 Å². The van der Waals surface area contributed by atoms with Crippen molar-refractivity contribution in [3.63, 3.8) is 0 Å². The van der Waals surface area contributed by atoms with Gasteiger partial charge in [0.05, 0.1) is 10.6 Å². The molecule has 1 fully saturated rings. The highest BCUT2D eigenvalue weighted by Gasteiger charge is 2.16. The number of nitrogens with one attached hydrogen (secondary N) is 3. The summed E-state index contributed by atoms with van der Waals surface area (Å²) in [5, 5.41) is 9.32. The van der Waals surface area contributed by atoms with Crippen LogP contribution in [0.1, 0.15) is 43.5 Å². The number of anilines is 1. The van der Waals surface area contributed by atoms with Crippen molar-refractivity contribution in [1.29, 1.82) is 0 Å². The van der Waals surface area contributed by atoms with Crippen LogP contribution >= 0.6 is 11.6 Å². The smallest absolute Gasteiger partial charge is 0.252 e. The van der Waals surface area contributed by atoms with E-state index in [4.69, 9.17) is 11.6 Å². The van der Waals surface area contributed by atoms with Gasteiger partial charge in [-0.05, 0) is 56.0 Å². The Hall–Kier alpha value is -1.59. The third-order valence-electron chi connectivity index (χ3n) is 4.11. The van der Waals surface area contributed by atoms with Crippen LogP contribution in [-0.4, -0.2) is 31.4 Å². The summed E-state index contributed by atoms with van der Waals surface area (Å²) in [6.07, 6.45) is 2.53. The number of hydrogen-bond acceptors (Lipinski definition) is 3. The van der Waals surface area contributed by atoms with Crippen LogP contribution in [0.5, 0.6) is 0 Å². The number of amides is 2. The van der Waals surface area contributed by atoms with Gasteiger partial charge in [0, 0.05) is 18.7 Å². The van der Waals surface area contributed by atoms with Gasteiger partial charge in [0.2, 0.25) is 5.91 Å². The zero-order chi connectivity index (χ0) is 17.5. The molecule has 0 spiro atoms. The quantitative estimate of drug-likeness (QED) is 0.707. The molecular formula is C18H26ClN3O2. The Bertz CT molecular complexity index is 584. The van der Waals surface area contributed by atoms with Crippen molar-refractivity contribution < 1.29 is 9.59 Å². The summed E-state index contributed by atoms with van der Waals surface area (Å²) in [7, 11) is 0. The molecule has 3 N–H and O–H groups in total. The van der Waals surface area contributed by atoms with Gasteiger partial charge >= 0.3 is 0 Å². The van der Waals surface area contributed by atoms with Gasteiger partial charge in [-0.3, -0.25) is 9.59 Å². The molecule has 0 aromatic heterocycles. The third kappa shape index (κ3) is 5.80. The number of hydrogen-bond donors (Lipinski definition) is 3. The molecule has 0 radical (unpaired) electrons. The van der Waals surface area contributed by atoms with E-state index in [1.807, 2.05) is 13.8 Å². The molecule has 1 unspecified atom stereocenters. The molecule has 1 heterocycles. The molecular weight excluding hydrogens is 326 g/mol. The third-order valence-corrected chi connectivity index (χ3v) is 4.42. The first-order chi connectivity index (χ1) is 11.5. The number of carbonyl (C=O) groups excluding carboxylic acids is 2. The summed E-state index contributed by atoms with van der Waals surface area (Å²) in [5.74, 6) is 0.753. The highest BCUT2D eigenvalue weighted by atomic mass is 35.5. The maximum Gasteiger partial charge on any atom is 0.252 e. The molecule has 1 aromatic carbocycles. The highest BCUT2D eigenvalue weighted by Crippen LogP contribution is 2.22. The molecule has 0 aliphatic carbocycles. The van der Waals surface area contributed by atoms with Crippen LogP contribution in [0.15, 0.2) is 18.2 Å². The van der Waals surface area contributed by atoms with Crippen molar-refractivity contribution in [3.8, 4) is 0 Å². The fourth-order valence-corrected chi connectivity index (χ4v) is 2.95. The molecule has 1 aliphatic rings. The van der Waals surface area contributed by atoms with E-state index in [9.17, 15) is 9.59 Å². The van der Waals surface area contributed by atoms with E-state index in [0.717, 1.165) is 25.9 Å². The lowest BCUT2D eigenvalue weighted by Gasteiger charge is -2.11. The fraction of sp³-hybridized carbons (Fsp3) is 0.556. The summed E-state index contributed by atoms with van der Waals surface area (Å²) in [6.45, 7) is 6.70. The second-order valence-electron chi connectivity index (χ2n) is 6.74. The monoisotopic (exact) mass is 351 g/mol. The Labute approximate surface area is 148 Å². The van der Waals surface area contributed by atoms with E-state index in [2.05, 4.69) is 16.0 Å². The van der Waals surface area contributed by atoms with Crippen molar-refractivity contribution >= 4 is 29.1 Å². The summed E-state index contributed by atoms with van der Waals surface area (Å²) < 4.78 is 0. The molecule has 2 rings (SSSR count). The fourth-order valence-electron chi connectivity index (χ4n) is 2.69. The number of carbonyl (C=O) groups is 2. The first-order valence-electron chi connectivity index (χ1n) is 8.54. The minimum Gasteiger partial charge on any atom is -0.352 e. The van der Waals surface area contributed by atoms with Crippen molar-refractivity contribution in [2.24, 2.45) is 11.8 Å². The normalized spacial score (nSPS) is 17.1.